The van der Waals surface area contributed by atoms with Crippen LogP contribution in [0.4, 0.5) is 0 Å². The average molecular weight is 202 g/mol. The average Bonchev–Trinajstić information content (AvgIpc) is 2.02. The molecule has 0 unspecified atom stereocenters. The van der Waals surface area contributed by atoms with Crippen LogP contribution in [0, 0.1) is 0 Å². The fourth-order valence-corrected chi connectivity index (χ4v) is 1.31. The third kappa shape index (κ3) is 2.15. The van der Waals surface area contributed by atoms with E-state index in [9.17, 15) is 9.36 Å². The summed E-state index contributed by atoms with van der Waals surface area (Å²) < 4.78 is 10.5. The highest BCUT2D eigenvalue weighted by molar-refractivity contribution is 7.70. The molecule has 0 amide bonds. The molecule has 1 rings (SSSR count). The minimum atomic E-state index is -4.80. The van der Waals surface area contributed by atoms with Gasteiger partial charge in [0.1, 0.15) is 5.75 Å². The molecule has 1 aromatic carbocycles. The first-order chi connectivity index (χ1) is 5.93. The second-order valence-corrected chi connectivity index (χ2v) is 3.86. The van der Waals surface area contributed by atoms with E-state index in [0.717, 1.165) is 6.07 Å². The van der Waals surface area contributed by atoms with Crippen LogP contribution in [0.5, 0.6) is 5.75 Å². The van der Waals surface area contributed by atoms with Crippen molar-refractivity contribution >= 4 is 13.1 Å². The van der Waals surface area contributed by atoms with Crippen LogP contribution in [0.25, 0.3) is 0 Å². The van der Waals surface area contributed by atoms with Crippen molar-refractivity contribution < 1.29 is 24.3 Å². The van der Waals surface area contributed by atoms with Crippen LogP contribution in [0.2, 0.25) is 0 Å². The molecule has 6 heteroatoms. The topological polar surface area (TPSA) is 94.8 Å². The minimum absolute atomic E-state index is 0.365. The predicted octanol–water partition coefficient (Wildman–Crippen LogP) is 0.710. The van der Waals surface area contributed by atoms with Crippen molar-refractivity contribution in [3.05, 3.63) is 29.8 Å². The molecule has 0 aliphatic rings. The first kappa shape index (κ1) is 9.92. The van der Waals surface area contributed by atoms with Gasteiger partial charge in [0.25, 0.3) is 5.52 Å². The van der Waals surface area contributed by atoms with Crippen LogP contribution in [-0.2, 0) is 4.57 Å². The molecule has 3 N–H and O–H groups in total. The van der Waals surface area contributed by atoms with E-state index in [1.165, 1.54) is 18.2 Å². The molecule has 0 radical (unpaired) electrons. The van der Waals surface area contributed by atoms with Crippen LogP contribution >= 0.6 is 7.60 Å². The van der Waals surface area contributed by atoms with E-state index in [1.807, 2.05) is 0 Å². The maximum absolute atomic E-state index is 11.0. The Morgan fingerprint density at radius 2 is 1.77 bits per heavy atom. The number of hydrogen-bond donors (Lipinski definition) is 3. The standard InChI is InChI=1S/C7H7O5P/c8-6-4-2-1-3-5(6)7(9)13(10,11)12/h1-4,8H,(H2,10,11,12). The summed E-state index contributed by atoms with van der Waals surface area (Å²) in [7, 11) is -4.80. The Kier molecular flexibility index (Phi) is 2.52. The number of phenolic OH excluding ortho intramolecular Hbond substituents is 1. The lowest BCUT2D eigenvalue weighted by molar-refractivity contribution is 0.103. The fraction of sp³-hybridized carbons (Fsp3) is 0. The highest BCUT2D eigenvalue weighted by atomic mass is 31.2. The number of para-hydroxylation sites is 1. The van der Waals surface area contributed by atoms with Crippen LogP contribution < -0.4 is 0 Å². The number of hydrogen-bond acceptors (Lipinski definition) is 3. The number of rotatable bonds is 2. The van der Waals surface area contributed by atoms with Gasteiger partial charge in [-0.1, -0.05) is 12.1 Å². The molecule has 0 aliphatic carbocycles. The van der Waals surface area contributed by atoms with Crippen LogP contribution in [0.1, 0.15) is 10.4 Å². The van der Waals surface area contributed by atoms with E-state index in [-0.39, 0.29) is 5.56 Å². The summed E-state index contributed by atoms with van der Waals surface area (Å²) in [6, 6.07) is 5.19. The largest absolute Gasteiger partial charge is 0.507 e. The van der Waals surface area contributed by atoms with Gasteiger partial charge in [-0.2, -0.15) is 0 Å². The first-order valence-electron chi connectivity index (χ1n) is 3.31. The van der Waals surface area contributed by atoms with Crippen LogP contribution in [-0.4, -0.2) is 20.4 Å². The van der Waals surface area contributed by atoms with E-state index in [4.69, 9.17) is 14.9 Å². The SMILES string of the molecule is O=C(c1ccccc1O)P(=O)(O)O. The Morgan fingerprint density at radius 1 is 1.23 bits per heavy atom. The Morgan fingerprint density at radius 3 is 2.23 bits per heavy atom. The van der Waals surface area contributed by atoms with Gasteiger partial charge >= 0.3 is 7.60 Å². The van der Waals surface area contributed by atoms with Gasteiger partial charge in [-0.3, -0.25) is 9.36 Å². The van der Waals surface area contributed by atoms with E-state index in [0.29, 0.717) is 0 Å². The second kappa shape index (κ2) is 3.30. The van der Waals surface area contributed by atoms with Crippen molar-refractivity contribution in [1.82, 2.24) is 0 Å². The Labute approximate surface area is 73.8 Å². The van der Waals surface area contributed by atoms with Gasteiger partial charge < -0.3 is 14.9 Å². The molecule has 0 atom stereocenters. The summed E-state index contributed by atoms with van der Waals surface area (Å²) in [6.07, 6.45) is 0. The Hall–Kier alpha value is -1.16. The van der Waals surface area contributed by atoms with Gasteiger partial charge in [0.15, 0.2) is 0 Å². The normalized spacial score (nSPS) is 11.2. The van der Waals surface area contributed by atoms with E-state index < -0.39 is 18.9 Å². The zero-order valence-electron chi connectivity index (χ0n) is 6.41. The molecular formula is C7H7O5P. The van der Waals surface area contributed by atoms with Crippen molar-refractivity contribution in [1.29, 1.82) is 0 Å². The molecule has 0 spiro atoms. The lowest BCUT2D eigenvalue weighted by Gasteiger charge is -2.03. The maximum atomic E-state index is 11.0. The van der Waals surface area contributed by atoms with E-state index in [2.05, 4.69) is 0 Å². The van der Waals surface area contributed by atoms with Crippen molar-refractivity contribution in [3.8, 4) is 5.75 Å². The van der Waals surface area contributed by atoms with Gasteiger partial charge in [-0.25, -0.2) is 0 Å². The Balaban J connectivity index is 3.18. The highest BCUT2D eigenvalue weighted by Gasteiger charge is 2.29. The lowest BCUT2D eigenvalue weighted by Crippen LogP contribution is -1.99. The second-order valence-electron chi connectivity index (χ2n) is 2.37. The Bertz CT molecular complexity index is 380. The summed E-state index contributed by atoms with van der Waals surface area (Å²) >= 11 is 0. The van der Waals surface area contributed by atoms with E-state index >= 15 is 0 Å². The summed E-state index contributed by atoms with van der Waals surface area (Å²) in [5, 5.41) is 9.08. The fourth-order valence-electron chi connectivity index (χ4n) is 0.811. The smallest absolute Gasteiger partial charge is 0.396 e. The van der Waals surface area contributed by atoms with Crippen molar-refractivity contribution in [2.75, 3.05) is 0 Å². The van der Waals surface area contributed by atoms with Gasteiger partial charge in [0, 0.05) is 0 Å². The van der Waals surface area contributed by atoms with Crippen molar-refractivity contribution in [2.24, 2.45) is 0 Å². The number of benzene rings is 1. The zero-order chi connectivity index (χ0) is 10.1. The molecule has 0 fully saturated rings. The minimum Gasteiger partial charge on any atom is -0.507 e. The van der Waals surface area contributed by atoms with E-state index in [1.54, 1.807) is 0 Å². The number of aromatic hydroxyl groups is 1. The lowest BCUT2D eigenvalue weighted by atomic mass is 10.2. The molecule has 70 valence electrons. The van der Waals surface area contributed by atoms with Crippen LogP contribution in [0.3, 0.4) is 0 Å². The van der Waals surface area contributed by atoms with Gasteiger partial charge in [-0.05, 0) is 12.1 Å². The maximum Gasteiger partial charge on any atom is 0.396 e. The first-order valence-corrected chi connectivity index (χ1v) is 4.92. The molecule has 0 saturated heterocycles. The number of carbonyl (C=O) groups excluding carboxylic acids is 1. The summed E-state index contributed by atoms with van der Waals surface area (Å²) in [5.74, 6) is -0.434. The number of phenols is 1. The molecule has 0 bridgehead atoms. The van der Waals surface area contributed by atoms with Crippen LogP contribution in [0.15, 0.2) is 24.3 Å². The van der Waals surface area contributed by atoms with Gasteiger partial charge in [0.2, 0.25) is 0 Å². The molecule has 0 saturated carbocycles. The number of carbonyl (C=O) groups is 1. The monoisotopic (exact) mass is 202 g/mol. The zero-order valence-corrected chi connectivity index (χ0v) is 7.31. The van der Waals surface area contributed by atoms with Crippen molar-refractivity contribution in [3.63, 3.8) is 0 Å². The third-order valence-corrected chi connectivity index (χ3v) is 2.17. The highest BCUT2D eigenvalue weighted by Crippen LogP contribution is 2.40. The van der Waals surface area contributed by atoms with Crippen molar-refractivity contribution in [2.45, 2.75) is 0 Å². The summed E-state index contributed by atoms with van der Waals surface area (Å²) in [4.78, 5) is 28.0. The molecule has 5 nitrogen and oxygen atoms in total. The quantitative estimate of drug-likeness (QED) is 0.614. The molecular weight excluding hydrogens is 195 g/mol. The molecule has 13 heavy (non-hydrogen) atoms. The van der Waals surface area contributed by atoms with Gasteiger partial charge in [0.05, 0.1) is 5.56 Å². The molecule has 1 aromatic rings. The summed E-state index contributed by atoms with van der Waals surface area (Å²) in [6.45, 7) is 0. The predicted molar refractivity (Wildman–Crippen MR) is 44.5 cm³/mol. The molecule has 0 heterocycles. The summed E-state index contributed by atoms with van der Waals surface area (Å²) in [5.41, 5.74) is -1.73. The van der Waals surface area contributed by atoms with Gasteiger partial charge in [-0.15, -0.1) is 0 Å². The molecule has 0 aromatic heterocycles. The molecule has 0 aliphatic heterocycles. The third-order valence-electron chi connectivity index (χ3n) is 1.40.